The molecule has 0 aliphatic carbocycles. The number of nitrogens with zero attached hydrogens (tertiary/aromatic N) is 1. The largest absolute Gasteiger partial charge is 0.338 e. The van der Waals surface area contributed by atoms with Crippen LogP contribution in [0.15, 0.2) is 48.5 Å². The van der Waals surface area contributed by atoms with Crippen LogP contribution in [0.1, 0.15) is 43.0 Å². The molecule has 2 aromatic rings. The van der Waals surface area contributed by atoms with E-state index in [9.17, 15) is 14.0 Å². The third-order valence-corrected chi connectivity index (χ3v) is 5.39. The number of unbranched alkanes of at least 4 members (excludes halogenated alkanes) is 1. The molecule has 0 bridgehead atoms. The lowest BCUT2D eigenvalue weighted by Crippen LogP contribution is -2.35. The molecule has 166 valence electrons. The summed E-state index contributed by atoms with van der Waals surface area (Å²) in [6, 6.07) is 12.0. The number of rotatable bonds is 8. The van der Waals surface area contributed by atoms with Gasteiger partial charge in [-0.05, 0) is 81.1 Å². The zero-order valence-electron chi connectivity index (χ0n) is 18.0. The number of carbonyl (C=O) groups excluding carboxylic acids is 2. The second-order valence-corrected chi connectivity index (χ2v) is 8.18. The van der Waals surface area contributed by atoms with Crippen LogP contribution in [0.25, 0.3) is 0 Å². The normalized spacial score (nSPS) is 16.5. The van der Waals surface area contributed by atoms with Crippen LogP contribution in [0, 0.1) is 11.7 Å². The van der Waals surface area contributed by atoms with E-state index in [0.717, 1.165) is 25.3 Å². The molecular formula is C24H31FN4O2. The maximum absolute atomic E-state index is 13.3. The Morgan fingerprint density at radius 3 is 2.61 bits per heavy atom. The fourth-order valence-electron chi connectivity index (χ4n) is 3.84. The molecule has 3 rings (SSSR count). The Bertz CT molecular complexity index is 889. The molecule has 1 aliphatic heterocycles. The molecule has 31 heavy (non-hydrogen) atoms. The number of anilines is 2. The summed E-state index contributed by atoms with van der Waals surface area (Å²) in [6.07, 6.45) is 4.59. The van der Waals surface area contributed by atoms with Crippen molar-refractivity contribution in [3.05, 3.63) is 59.9 Å². The van der Waals surface area contributed by atoms with Gasteiger partial charge in [0.1, 0.15) is 5.82 Å². The van der Waals surface area contributed by atoms with E-state index < -0.39 is 5.82 Å². The lowest BCUT2D eigenvalue weighted by molar-refractivity contribution is 0.102. The van der Waals surface area contributed by atoms with Gasteiger partial charge in [0.05, 0.1) is 0 Å². The first-order chi connectivity index (χ1) is 15.0. The molecule has 0 spiro atoms. The number of halogens is 1. The Morgan fingerprint density at radius 1 is 1.06 bits per heavy atom. The highest BCUT2D eigenvalue weighted by Crippen LogP contribution is 2.16. The molecule has 2 aromatic carbocycles. The van der Waals surface area contributed by atoms with E-state index in [4.69, 9.17) is 0 Å². The second kappa shape index (κ2) is 11.5. The molecule has 0 radical (unpaired) electrons. The molecule has 6 nitrogen and oxygen atoms in total. The fraction of sp³-hybridized carbons (Fsp3) is 0.417. The Kier molecular flexibility index (Phi) is 8.41. The van der Waals surface area contributed by atoms with Crippen LogP contribution in [0.4, 0.5) is 20.6 Å². The third-order valence-electron chi connectivity index (χ3n) is 5.39. The smallest absolute Gasteiger partial charge is 0.319 e. The minimum atomic E-state index is -0.421. The Hall–Kier alpha value is -2.93. The standard InChI is InChI=1S/C24H31FN4O2/c1-18-7-6-14-29(17-18)13-3-2-12-26-24(31)28-21-10-4-8-19(15-21)23(30)27-22-11-5-9-20(25)16-22/h4-5,8-11,15-16,18H,2-3,6-7,12-14,17H2,1H3,(H,27,30)(H2,26,28,31). The molecule has 3 amide bonds. The summed E-state index contributed by atoms with van der Waals surface area (Å²) in [5.41, 5.74) is 1.27. The van der Waals surface area contributed by atoms with Crippen LogP contribution in [-0.4, -0.2) is 43.0 Å². The van der Waals surface area contributed by atoms with Crippen molar-refractivity contribution >= 4 is 23.3 Å². The first kappa shape index (κ1) is 22.7. The maximum atomic E-state index is 13.3. The lowest BCUT2D eigenvalue weighted by atomic mass is 10.0. The van der Waals surface area contributed by atoms with Gasteiger partial charge in [-0.3, -0.25) is 4.79 Å². The predicted octanol–water partition coefficient (Wildman–Crippen LogP) is 4.71. The van der Waals surface area contributed by atoms with Crippen molar-refractivity contribution in [2.24, 2.45) is 5.92 Å². The molecule has 7 heteroatoms. The first-order valence-electron chi connectivity index (χ1n) is 10.9. The maximum Gasteiger partial charge on any atom is 0.319 e. The van der Waals surface area contributed by atoms with Gasteiger partial charge in [-0.15, -0.1) is 0 Å². The number of likely N-dealkylation sites (tertiary alicyclic amines) is 1. The van der Waals surface area contributed by atoms with E-state index in [-0.39, 0.29) is 11.9 Å². The zero-order chi connectivity index (χ0) is 22.1. The molecule has 1 atom stereocenters. The Morgan fingerprint density at radius 2 is 1.84 bits per heavy atom. The predicted molar refractivity (Wildman–Crippen MR) is 122 cm³/mol. The molecular weight excluding hydrogens is 395 g/mol. The molecule has 1 unspecified atom stereocenters. The van der Waals surface area contributed by atoms with Crippen LogP contribution >= 0.6 is 0 Å². The minimum Gasteiger partial charge on any atom is -0.338 e. The molecule has 1 aliphatic rings. The lowest BCUT2D eigenvalue weighted by Gasteiger charge is -2.30. The van der Waals surface area contributed by atoms with E-state index in [1.165, 1.54) is 44.1 Å². The summed E-state index contributed by atoms with van der Waals surface area (Å²) in [5.74, 6) is -0.0126. The van der Waals surface area contributed by atoms with Gasteiger partial charge in [0, 0.05) is 30.0 Å². The summed E-state index contributed by atoms with van der Waals surface area (Å²) in [4.78, 5) is 27.1. The number of hydrogen-bond acceptors (Lipinski definition) is 3. The van der Waals surface area contributed by atoms with Crippen LogP contribution in [-0.2, 0) is 0 Å². The Labute approximate surface area is 183 Å². The monoisotopic (exact) mass is 426 g/mol. The van der Waals surface area contributed by atoms with Crippen molar-refractivity contribution in [1.29, 1.82) is 0 Å². The average Bonchev–Trinajstić information content (AvgIpc) is 2.74. The van der Waals surface area contributed by atoms with Gasteiger partial charge in [0.2, 0.25) is 0 Å². The highest BCUT2D eigenvalue weighted by molar-refractivity contribution is 6.05. The van der Waals surface area contributed by atoms with Gasteiger partial charge in [-0.25, -0.2) is 9.18 Å². The number of benzene rings is 2. The average molecular weight is 427 g/mol. The van der Waals surface area contributed by atoms with Gasteiger partial charge in [-0.2, -0.15) is 0 Å². The number of hydrogen-bond donors (Lipinski definition) is 3. The highest BCUT2D eigenvalue weighted by atomic mass is 19.1. The summed E-state index contributed by atoms with van der Waals surface area (Å²) in [5, 5.41) is 8.26. The quantitative estimate of drug-likeness (QED) is 0.535. The van der Waals surface area contributed by atoms with E-state index in [1.54, 1.807) is 30.3 Å². The van der Waals surface area contributed by atoms with Crippen molar-refractivity contribution in [1.82, 2.24) is 10.2 Å². The van der Waals surface area contributed by atoms with Gasteiger partial charge in [-0.1, -0.05) is 19.1 Å². The van der Waals surface area contributed by atoms with Gasteiger partial charge in [0.25, 0.3) is 5.91 Å². The van der Waals surface area contributed by atoms with Crippen molar-refractivity contribution in [2.45, 2.75) is 32.6 Å². The second-order valence-electron chi connectivity index (χ2n) is 8.18. The van der Waals surface area contributed by atoms with Crippen LogP contribution in [0.5, 0.6) is 0 Å². The molecule has 1 heterocycles. The van der Waals surface area contributed by atoms with Gasteiger partial charge >= 0.3 is 6.03 Å². The summed E-state index contributed by atoms with van der Waals surface area (Å²) in [6.45, 7) is 6.35. The van der Waals surface area contributed by atoms with Crippen LogP contribution in [0.2, 0.25) is 0 Å². The van der Waals surface area contributed by atoms with E-state index >= 15 is 0 Å². The molecule has 3 N–H and O–H groups in total. The van der Waals surface area contributed by atoms with E-state index in [2.05, 4.69) is 27.8 Å². The third kappa shape index (κ3) is 7.68. The highest BCUT2D eigenvalue weighted by Gasteiger charge is 2.15. The van der Waals surface area contributed by atoms with Crippen molar-refractivity contribution in [2.75, 3.05) is 36.8 Å². The van der Waals surface area contributed by atoms with Crippen LogP contribution < -0.4 is 16.0 Å². The zero-order valence-corrected chi connectivity index (χ0v) is 18.0. The molecule has 1 saturated heterocycles. The summed E-state index contributed by atoms with van der Waals surface area (Å²) < 4.78 is 13.3. The van der Waals surface area contributed by atoms with E-state index in [0.29, 0.717) is 23.5 Å². The summed E-state index contributed by atoms with van der Waals surface area (Å²) >= 11 is 0. The number of piperidine rings is 1. The van der Waals surface area contributed by atoms with Crippen LogP contribution in [0.3, 0.4) is 0 Å². The summed E-state index contributed by atoms with van der Waals surface area (Å²) in [7, 11) is 0. The number of urea groups is 1. The van der Waals surface area contributed by atoms with Crippen molar-refractivity contribution in [3.63, 3.8) is 0 Å². The first-order valence-corrected chi connectivity index (χ1v) is 10.9. The minimum absolute atomic E-state index is 0.297. The fourth-order valence-corrected chi connectivity index (χ4v) is 3.84. The Balaban J connectivity index is 1.39. The topological polar surface area (TPSA) is 73.5 Å². The molecule has 0 saturated carbocycles. The van der Waals surface area contributed by atoms with Crippen molar-refractivity contribution < 1.29 is 14.0 Å². The molecule has 0 aromatic heterocycles. The van der Waals surface area contributed by atoms with Gasteiger partial charge in [0.15, 0.2) is 0 Å². The number of carbonyl (C=O) groups is 2. The van der Waals surface area contributed by atoms with E-state index in [1.807, 2.05) is 0 Å². The molecule has 1 fully saturated rings. The SMILES string of the molecule is CC1CCCN(CCCCNC(=O)Nc2cccc(C(=O)Nc3cccc(F)c3)c2)C1. The van der Waals surface area contributed by atoms with Gasteiger partial charge < -0.3 is 20.9 Å². The number of nitrogens with one attached hydrogen (secondary N) is 3. The van der Waals surface area contributed by atoms with Crippen molar-refractivity contribution in [3.8, 4) is 0 Å². The number of amides is 3.